The third-order valence-corrected chi connectivity index (χ3v) is 6.88. The molecule has 0 spiro atoms. The number of carbonyl (C=O) groups is 1. The Bertz CT molecular complexity index is 851. The van der Waals surface area contributed by atoms with Gasteiger partial charge in [-0.05, 0) is 73.9 Å². The fraction of sp³-hybridized carbons (Fsp3) is 0.480. The number of carbonyl (C=O) groups excluding carboxylic acids is 1. The maximum atomic E-state index is 12.9. The first-order valence-corrected chi connectivity index (χ1v) is 11.1. The Morgan fingerprint density at radius 2 is 1.59 bits per heavy atom. The van der Waals surface area contributed by atoms with E-state index < -0.39 is 0 Å². The van der Waals surface area contributed by atoms with Crippen molar-refractivity contribution in [3.63, 3.8) is 0 Å². The van der Waals surface area contributed by atoms with E-state index in [1.54, 1.807) is 0 Å². The first-order chi connectivity index (χ1) is 14.3. The molecule has 2 aromatic carbocycles. The highest BCUT2D eigenvalue weighted by molar-refractivity contribution is 5.94. The van der Waals surface area contributed by atoms with Gasteiger partial charge in [0.1, 0.15) is 5.75 Å². The lowest BCUT2D eigenvalue weighted by Gasteiger charge is -2.40. The van der Waals surface area contributed by atoms with E-state index in [1.165, 1.54) is 17.5 Å². The van der Waals surface area contributed by atoms with E-state index in [4.69, 9.17) is 4.74 Å². The van der Waals surface area contributed by atoms with Crippen molar-refractivity contribution in [2.45, 2.75) is 57.2 Å². The number of piperidine rings is 1. The van der Waals surface area contributed by atoms with Gasteiger partial charge in [-0.2, -0.15) is 0 Å². The maximum Gasteiger partial charge on any atom is 0.253 e. The summed E-state index contributed by atoms with van der Waals surface area (Å²) < 4.78 is 5.91. The maximum absolute atomic E-state index is 12.9. The Kier molecular flexibility index (Phi) is 5.28. The zero-order valence-corrected chi connectivity index (χ0v) is 17.1. The monoisotopic (exact) mass is 390 g/mol. The highest BCUT2D eigenvalue weighted by atomic mass is 16.5. The highest BCUT2D eigenvalue weighted by Crippen LogP contribution is 2.27. The second kappa shape index (κ2) is 8.19. The number of likely N-dealkylation sites (tertiary alicyclic amines) is 1. The van der Waals surface area contributed by atoms with Gasteiger partial charge in [-0.3, -0.25) is 9.69 Å². The molecule has 1 saturated carbocycles. The Hall–Kier alpha value is -2.33. The molecule has 1 saturated heterocycles. The van der Waals surface area contributed by atoms with Crippen LogP contribution in [0.2, 0.25) is 0 Å². The lowest BCUT2D eigenvalue weighted by atomic mass is 9.95. The smallest absolute Gasteiger partial charge is 0.253 e. The van der Waals surface area contributed by atoms with Gasteiger partial charge < -0.3 is 9.64 Å². The summed E-state index contributed by atoms with van der Waals surface area (Å²) in [4.78, 5) is 17.6. The van der Waals surface area contributed by atoms with Gasteiger partial charge in [-0.25, -0.2) is 0 Å². The first-order valence-electron chi connectivity index (χ1n) is 11.1. The molecule has 5 rings (SSSR count). The van der Waals surface area contributed by atoms with E-state index in [1.807, 2.05) is 29.2 Å². The van der Waals surface area contributed by atoms with Crippen LogP contribution in [0.4, 0.5) is 0 Å². The number of nitrogens with zero attached hydrogens (tertiary/aromatic N) is 2. The quantitative estimate of drug-likeness (QED) is 0.781. The highest BCUT2D eigenvalue weighted by Gasteiger charge is 2.29. The fourth-order valence-corrected chi connectivity index (χ4v) is 4.80. The van der Waals surface area contributed by atoms with Crippen molar-refractivity contribution in [3.8, 4) is 5.75 Å². The molecule has 152 valence electrons. The van der Waals surface area contributed by atoms with Crippen LogP contribution in [0.15, 0.2) is 48.5 Å². The molecule has 2 aliphatic heterocycles. The van der Waals surface area contributed by atoms with Crippen LogP contribution in [0.25, 0.3) is 0 Å². The molecule has 2 heterocycles. The summed E-state index contributed by atoms with van der Waals surface area (Å²) in [6.45, 7) is 3.89. The zero-order valence-electron chi connectivity index (χ0n) is 17.1. The van der Waals surface area contributed by atoms with Crippen molar-refractivity contribution >= 4 is 5.91 Å². The third-order valence-electron chi connectivity index (χ3n) is 6.88. The van der Waals surface area contributed by atoms with Gasteiger partial charge >= 0.3 is 0 Å². The Balaban J connectivity index is 1.15. The van der Waals surface area contributed by atoms with Crippen LogP contribution in [0, 0.1) is 0 Å². The summed E-state index contributed by atoms with van der Waals surface area (Å²) in [7, 11) is 0. The molecule has 0 aromatic heterocycles. The number of benzene rings is 2. The molecule has 0 atom stereocenters. The van der Waals surface area contributed by atoms with E-state index >= 15 is 0 Å². The molecule has 4 heteroatoms. The third kappa shape index (κ3) is 4.04. The van der Waals surface area contributed by atoms with E-state index in [0.717, 1.165) is 69.6 Å². The van der Waals surface area contributed by atoms with Crippen LogP contribution in [-0.4, -0.2) is 47.5 Å². The molecule has 2 aromatic rings. The van der Waals surface area contributed by atoms with E-state index in [2.05, 4.69) is 29.2 Å². The van der Waals surface area contributed by atoms with Gasteiger partial charge in [0.15, 0.2) is 0 Å². The van der Waals surface area contributed by atoms with Crippen molar-refractivity contribution < 1.29 is 9.53 Å². The molecule has 0 N–H and O–H groups in total. The molecule has 2 fully saturated rings. The lowest BCUT2D eigenvalue weighted by Crippen LogP contribution is -2.48. The number of amides is 1. The van der Waals surface area contributed by atoms with Gasteiger partial charge in [0, 0.05) is 37.8 Å². The second-order valence-corrected chi connectivity index (χ2v) is 8.71. The number of hydrogen-bond acceptors (Lipinski definition) is 3. The van der Waals surface area contributed by atoms with E-state index in [9.17, 15) is 4.79 Å². The average molecular weight is 391 g/mol. The second-order valence-electron chi connectivity index (χ2n) is 8.71. The molecular formula is C25H30N2O2. The average Bonchev–Trinajstić information content (AvgIpc) is 2.76. The number of rotatable bonds is 4. The molecule has 1 aliphatic carbocycles. The standard InChI is InChI=1S/C25H30N2O2/c28-25(20-8-10-24(11-9-20)29-23-6-3-7-23)26-16-13-22(14-17-26)27-15-12-19-4-1-2-5-21(19)18-27/h1-2,4-5,8-11,22-23H,3,6-7,12-18H2. The zero-order chi connectivity index (χ0) is 19.6. The predicted molar refractivity (Wildman–Crippen MR) is 114 cm³/mol. The molecule has 4 nitrogen and oxygen atoms in total. The molecular weight excluding hydrogens is 360 g/mol. The normalized spacial score (nSPS) is 20.8. The number of ether oxygens (including phenoxy) is 1. The topological polar surface area (TPSA) is 32.8 Å². The number of fused-ring (bicyclic) bond motifs is 1. The largest absolute Gasteiger partial charge is 0.490 e. The van der Waals surface area contributed by atoms with Crippen LogP contribution < -0.4 is 4.74 Å². The Labute approximate surface area is 173 Å². The summed E-state index contributed by atoms with van der Waals surface area (Å²) in [5.74, 6) is 1.04. The summed E-state index contributed by atoms with van der Waals surface area (Å²) in [6, 6.07) is 17.1. The van der Waals surface area contributed by atoms with E-state index in [0.29, 0.717) is 12.1 Å². The van der Waals surface area contributed by atoms with Gasteiger partial charge in [-0.1, -0.05) is 24.3 Å². The van der Waals surface area contributed by atoms with Crippen molar-refractivity contribution in [1.29, 1.82) is 0 Å². The molecule has 1 amide bonds. The fourth-order valence-electron chi connectivity index (χ4n) is 4.80. The lowest BCUT2D eigenvalue weighted by molar-refractivity contribution is 0.0599. The first kappa shape index (κ1) is 18.7. The predicted octanol–water partition coefficient (Wildman–Crippen LogP) is 4.28. The molecule has 0 unspecified atom stereocenters. The van der Waals surface area contributed by atoms with Gasteiger partial charge in [0.2, 0.25) is 0 Å². The van der Waals surface area contributed by atoms with Crippen molar-refractivity contribution in [2.75, 3.05) is 19.6 Å². The summed E-state index contributed by atoms with van der Waals surface area (Å²) in [5.41, 5.74) is 3.75. The van der Waals surface area contributed by atoms with Crippen LogP contribution >= 0.6 is 0 Å². The van der Waals surface area contributed by atoms with Gasteiger partial charge in [-0.15, -0.1) is 0 Å². The molecule has 3 aliphatic rings. The minimum Gasteiger partial charge on any atom is -0.490 e. The molecule has 0 bridgehead atoms. The SMILES string of the molecule is O=C(c1ccc(OC2CCC2)cc1)N1CCC(N2CCc3ccccc3C2)CC1. The molecule has 29 heavy (non-hydrogen) atoms. The van der Waals surface area contributed by atoms with Crippen molar-refractivity contribution in [1.82, 2.24) is 9.80 Å². The van der Waals surface area contributed by atoms with Crippen LogP contribution in [0.1, 0.15) is 53.6 Å². The van der Waals surface area contributed by atoms with Crippen LogP contribution in [0.5, 0.6) is 5.75 Å². The van der Waals surface area contributed by atoms with Gasteiger partial charge in [0.05, 0.1) is 6.10 Å². The Morgan fingerprint density at radius 1 is 0.862 bits per heavy atom. The summed E-state index contributed by atoms with van der Waals surface area (Å²) in [6.07, 6.45) is 7.22. The van der Waals surface area contributed by atoms with Crippen molar-refractivity contribution in [3.05, 3.63) is 65.2 Å². The molecule has 0 radical (unpaired) electrons. The van der Waals surface area contributed by atoms with Crippen LogP contribution in [-0.2, 0) is 13.0 Å². The van der Waals surface area contributed by atoms with Gasteiger partial charge in [0.25, 0.3) is 5.91 Å². The number of hydrogen-bond donors (Lipinski definition) is 0. The van der Waals surface area contributed by atoms with Crippen LogP contribution in [0.3, 0.4) is 0 Å². The van der Waals surface area contributed by atoms with E-state index in [-0.39, 0.29) is 5.91 Å². The van der Waals surface area contributed by atoms with Crippen molar-refractivity contribution in [2.24, 2.45) is 0 Å². The minimum atomic E-state index is 0.155. The minimum absolute atomic E-state index is 0.155. The summed E-state index contributed by atoms with van der Waals surface area (Å²) in [5, 5.41) is 0. The Morgan fingerprint density at radius 3 is 2.28 bits per heavy atom. The summed E-state index contributed by atoms with van der Waals surface area (Å²) >= 11 is 0.